The molecule has 0 fully saturated rings. The summed E-state index contributed by atoms with van der Waals surface area (Å²) >= 11 is 0. The summed E-state index contributed by atoms with van der Waals surface area (Å²) < 4.78 is 85.1. The number of halogens is 6. The van der Waals surface area contributed by atoms with Crippen molar-refractivity contribution in [3.63, 3.8) is 0 Å². The van der Waals surface area contributed by atoms with Crippen molar-refractivity contribution in [2.45, 2.75) is 38.8 Å². The molecule has 4 aromatic rings. The van der Waals surface area contributed by atoms with Crippen LogP contribution in [0.5, 0.6) is 11.5 Å². The molecule has 0 aliphatic carbocycles. The van der Waals surface area contributed by atoms with E-state index in [1.54, 1.807) is 48.5 Å². The molecule has 0 heterocycles. The SMILES string of the molecule is OCc1ccc(COc2ccc(C(F)(F)F)cc2)cc1.OCc1ccc(COc2ccc(C(F)(F)F)cc2)cc1. The fourth-order valence-electron chi connectivity index (χ4n) is 3.30. The Bertz CT molecular complexity index is 1190. The van der Waals surface area contributed by atoms with Crippen molar-refractivity contribution in [1.29, 1.82) is 0 Å². The lowest BCUT2D eigenvalue weighted by atomic mass is 10.1. The van der Waals surface area contributed by atoms with E-state index in [-0.39, 0.29) is 26.4 Å². The monoisotopic (exact) mass is 564 g/mol. The van der Waals surface area contributed by atoms with Crippen LogP contribution in [0.15, 0.2) is 97.1 Å². The third-order valence-corrected chi connectivity index (χ3v) is 5.59. The number of hydrogen-bond donors (Lipinski definition) is 2. The highest BCUT2D eigenvalue weighted by Crippen LogP contribution is 2.31. The molecule has 4 rings (SSSR count). The molecule has 0 spiro atoms. The molecule has 0 amide bonds. The minimum absolute atomic E-state index is 0.0277. The fraction of sp³-hybridized carbons (Fsp3) is 0.200. The van der Waals surface area contributed by atoms with E-state index in [1.165, 1.54) is 24.3 Å². The average Bonchev–Trinajstić information content (AvgIpc) is 2.95. The molecule has 4 nitrogen and oxygen atoms in total. The summed E-state index contributed by atoms with van der Waals surface area (Å²) in [6.45, 7) is 0.466. The molecule has 0 aromatic heterocycles. The highest BCUT2D eigenvalue weighted by atomic mass is 19.4. The van der Waals surface area contributed by atoms with E-state index in [0.717, 1.165) is 46.5 Å². The van der Waals surface area contributed by atoms with Crippen LogP contribution in [0, 0.1) is 0 Å². The van der Waals surface area contributed by atoms with Gasteiger partial charge < -0.3 is 19.7 Å². The minimum atomic E-state index is -4.33. The zero-order valence-corrected chi connectivity index (χ0v) is 21.0. The lowest BCUT2D eigenvalue weighted by Crippen LogP contribution is -2.04. The van der Waals surface area contributed by atoms with Gasteiger partial charge in [-0.1, -0.05) is 48.5 Å². The molecule has 4 aromatic carbocycles. The fourth-order valence-corrected chi connectivity index (χ4v) is 3.30. The molecule has 0 aliphatic heterocycles. The highest BCUT2D eigenvalue weighted by molar-refractivity contribution is 5.31. The maximum atomic E-state index is 12.4. The maximum absolute atomic E-state index is 12.4. The maximum Gasteiger partial charge on any atom is 0.416 e. The van der Waals surface area contributed by atoms with Gasteiger partial charge in [0.05, 0.1) is 24.3 Å². The number of aliphatic hydroxyl groups excluding tert-OH is 2. The van der Waals surface area contributed by atoms with Gasteiger partial charge in [0.25, 0.3) is 0 Å². The first-order valence-electron chi connectivity index (χ1n) is 12.0. The number of alkyl halides is 6. The van der Waals surface area contributed by atoms with Crippen LogP contribution in [0.25, 0.3) is 0 Å². The summed E-state index contributed by atoms with van der Waals surface area (Å²) in [7, 11) is 0. The van der Waals surface area contributed by atoms with Gasteiger partial charge in [0.2, 0.25) is 0 Å². The summed E-state index contributed by atoms with van der Waals surface area (Å²) in [5, 5.41) is 17.8. The highest BCUT2D eigenvalue weighted by Gasteiger charge is 2.30. The van der Waals surface area contributed by atoms with Crippen LogP contribution < -0.4 is 9.47 Å². The van der Waals surface area contributed by atoms with E-state index < -0.39 is 23.5 Å². The van der Waals surface area contributed by atoms with Crippen molar-refractivity contribution in [2.24, 2.45) is 0 Å². The molecule has 0 radical (unpaired) electrons. The van der Waals surface area contributed by atoms with Gasteiger partial charge in [0.15, 0.2) is 0 Å². The van der Waals surface area contributed by atoms with E-state index in [9.17, 15) is 26.3 Å². The Morgan fingerprint density at radius 3 is 0.950 bits per heavy atom. The Kier molecular flexibility index (Phi) is 10.6. The summed E-state index contributed by atoms with van der Waals surface area (Å²) in [6, 6.07) is 23.4. The molecule has 40 heavy (non-hydrogen) atoms. The zero-order chi connectivity index (χ0) is 29.2. The summed E-state index contributed by atoms with van der Waals surface area (Å²) in [4.78, 5) is 0. The van der Waals surface area contributed by atoms with Gasteiger partial charge in [-0.05, 0) is 70.8 Å². The number of hydrogen-bond acceptors (Lipinski definition) is 4. The Balaban J connectivity index is 0.000000220. The Morgan fingerprint density at radius 1 is 0.425 bits per heavy atom. The second-order valence-corrected chi connectivity index (χ2v) is 8.57. The van der Waals surface area contributed by atoms with E-state index in [2.05, 4.69) is 0 Å². The summed E-state index contributed by atoms with van der Waals surface area (Å²) in [5.74, 6) is 0.758. The van der Waals surface area contributed by atoms with Gasteiger partial charge in [-0.3, -0.25) is 0 Å². The Morgan fingerprint density at radius 2 is 0.700 bits per heavy atom. The smallest absolute Gasteiger partial charge is 0.416 e. The first-order chi connectivity index (χ1) is 19.0. The number of rotatable bonds is 8. The van der Waals surface area contributed by atoms with Crippen LogP contribution in [0.4, 0.5) is 26.3 Å². The lowest BCUT2D eigenvalue weighted by molar-refractivity contribution is -0.138. The Hall–Kier alpha value is -4.02. The number of ether oxygens (including phenoxy) is 2. The normalized spacial score (nSPS) is 11.4. The predicted octanol–water partition coefficient (Wildman–Crippen LogP) is 7.55. The molecule has 212 valence electrons. The molecule has 0 bridgehead atoms. The van der Waals surface area contributed by atoms with Crippen molar-refractivity contribution < 1.29 is 46.0 Å². The van der Waals surface area contributed by atoms with Crippen LogP contribution >= 0.6 is 0 Å². The first kappa shape index (κ1) is 30.5. The number of aliphatic hydroxyl groups is 2. The van der Waals surface area contributed by atoms with Crippen molar-refractivity contribution in [1.82, 2.24) is 0 Å². The van der Waals surface area contributed by atoms with E-state index in [1.807, 2.05) is 0 Å². The predicted molar refractivity (Wildman–Crippen MR) is 136 cm³/mol. The van der Waals surface area contributed by atoms with Crippen LogP contribution in [0.1, 0.15) is 33.4 Å². The van der Waals surface area contributed by atoms with E-state index >= 15 is 0 Å². The second-order valence-electron chi connectivity index (χ2n) is 8.57. The largest absolute Gasteiger partial charge is 0.489 e. The van der Waals surface area contributed by atoms with Crippen LogP contribution in [-0.2, 0) is 38.8 Å². The van der Waals surface area contributed by atoms with Gasteiger partial charge in [-0.25, -0.2) is 0 Å². The van der Waals surface area contributed by atoms with Gasteiger partial charge in [0, 0.05) is 0 Å². The van der Waals surface area contributed by atoms with E-state index in [4.69, 9.17) is 19.7 Å². The molecular formula is C30H26F6O4. The van der Waals surface area contributed by atoms with Crippen LogP contribution in [0.2, 0.25) is 0 Å². The molecule has 2 N–H and O–H groups in total. The molecule has 0 unspecified atom stereocenters. The molecule has 0 saturated heterocycles. The second kappa shape index (κ2) is 13.9. The first-order valence-corrected chi connectivity index (χ1v) is 12.0. The lowest BCUT2D eigenvalue weighted by Gasteiger charge is -2.09. The summed E-state index contributed by atoms with van der Waals surface area (Å²) in [6.07, 6.45) is -8.67. The van der Waals surface area contributed by atoms with Crippen molar-refractivity contribution in [3.05, 3.63) is 130 Å². The van der Waals surface area contributed by atoms with Crippen molar-refractivity contribution in [2.75, 3.05) is 0 Å². The van der Waals surface area contributed by atoms with Crippen LogP contribution in [-0.4, -0.2) is 10.2 Å². The quantitative estimate of drug-likeness (QED) is 0.217. The standard InChI is InChI=1S/2C15H13F3O2/c2*16-15(17,18)13-5-7-14(8-6-13)20-10-12-3-1-11(9-19)2-4-12/h2*1-8,19H,9-10H2. The molecule has 10 heteroatoms. The topological polar surface area (TPSA) is 58.9 Å². The zero-order valence-electron chi connectivity index (χ0n) is 21.0. The molecular weight excluding hydrogens is 538 g/mol. The average molecular weight is 565 g/mol. The van der Waals surface area contributed by atoms with Gasteiger partial charge in [0.1, 0.15) is 24.7 Å². The van der Waals surface area contributed by atoms with Gasteiger partial charge >= 0.3 is 12.4 Å². The third-order valence-electron chi connectivity index (χ3n) is 5.59. The molecule has 0 atom stereocenters. The Labute approximate surface area is 227 Å². The van der Waals surface area contributed by atoms with Crippen LogP contribution in [0.3, 0.4) is 0 Å². The molecule has 0 aliphatic rings. The number of benzene rings is 4. The van der Waals surface area contributed by atoms with Crippen molar-refractivity contribution in [3.8, 4) is 11.5 Å². The molecule has 0 saturated carbocycles. The van der Waals surface area contributed by atoms with E-state index in [0.29, 0.717) is 11.5 Å². The summed E-state index contributed by atoms with van der Waals surface area (Å²) in [5.41, 5.74) is 1.95. The van der Waals surface area contributed by atoms with Crippen molar-refractivity contribution >= 4 is 0 Å². The van der Waals surface area contributed by atoms with Gasteiger partial charge in [-0.2, -0.15) is 26.3 Å². The minimum Gasteiger partial charge on any atom is -0.489 e. The third kappa shape index (κ3) is 9.62. The van der Waals surface area contributed by atoms with Gasteiger partial charge in [-0.15, -0.1) is 0 Å².